The molecule has 6 nitrogen and oxygen atoms in total. The molecule has 1 unspecified atom stereocenters. The van der Waals surface area contributed by atoms with Crippen molar-refractivity contribution in [2.24, 2.45) is 0 Å². The van der Waals surface area contributed by atoms with E-state index in [2.05, 4.69) is 15.5 Å². The van der Waals surface area contributed by atoms with Crippen molar-refractivity contribution in [2.75, 3.05) is 0 Å². The van der Waals surface area contributed by atoms with Crippen molar-refractivity contribution in [3.05, 3.63) is 33.9 Å². The molecular weight excluding hydrogens is 314 g/mol. The van der Waals surface area contributed by atoms with E-state index in [1.807, 2.05) is 45.5 Å². The van der Waals surface area contributed by atoms with E-state index >= 15 is 0 Å². The zero-order chi connectivity index (χ0) is 17.1. The highest BCUT2D eigenvalue weighted by Gasteiger charge is 2.15. The summed E-state index contributed by atoms with van der Waals surface area (Å²) in [5, 5.41) is 12.4. The van der Waals surface area contributed by atoms with Gasteiger partial charge in [-0.2, -0.15) is 10.2 Å². The van der Waals surface area contributed by atoms with Gasteiger partial charge in [0.05, 0.1) is 34.7 Å². The lowest BCUT2D eigenvalue weighted by Crippen LogP contribution is -2.28. The minimum Gasteiger partial charge on any atom is -0.349 e. The molecule has 0 spiro atoms. The molecule has 1 atom stereocenters. The number of carbonyl (C=O) groups excluding carboxylic acids is 1. The molecule has 2 rings (SSSR count). The molecule has 0 fully saturated rings. The molecule has 2 heterocycles. The fraction of sp³-hybridized carbons (Fsp3) is 0.562. The summed E-state index contributed by atoms with van der Waals surface area (Å²) in [6.07, 6.45) is 2.35. The Hall–Kier alpha value is -1.82. The zero-order valence-corrected chi connectivity index (χ0v) is 15.1. The van der Waals surface area contributed by atoms with Crippen LogP contribution in [0, 0.1) is 20.8 Å². The Labute approximate surface area is 141 Å². The summed E-state index contributed by atoms with van der Waals surface area (Å²) in [6.45, 7) is 11.1. The largest absolute Gasteiger partial charge is 0.349 e. The quantitative estimate of drug-likeness (QED) is 0.881. The predicted molar refractivity (Wildman–Crippen MR) is 90.5 cm³/mol. The summed E-state index contributed by atoms with van der Waals surface area (Å²) < 4.78 is 3.66. The molecular formula is C16H24ClN5O. The molecule has 2 aromatic heterocycles. The van der Waals surface area contributed by atoms with Gasteiger partial charge in [0.2, 0.25) is 5.91 Å². The third kappa shape index (κ3) is 3.93. The van der Waals surface area contributed by atoms with Crippen LogP contribution in [-0.4, -0.2) is 25.5 Å². The Balaban J connectivity index is 1.93. The summed E-state index contributed by atoms with van der Waals surface area (Å²) in [4.78, 5) is 12.2. The van der Waals surface area contributed by atoms with Crippen LogP contribution < -0.4 is 5.32 Å². The van der Waals surface area contributed by atoms with Gasteiger partial charge >= 0.3 is 0 Å². The van der Waals surface area contributed by atoms with Gasteiger partial charge < -0.3 is 5.32 Å². The summed E-state index contributed by atoms with van der Waals surface area (Å²) in [6, 6.07) is -0.0631. The first-order chi connectivity index (χ1) is 10.8. The fourth-order valence-electron chi connectivity index (χ4n) is 2.61. The monoisotopic (exact) mass is 337 g/mol. The molecule has 7 heteroatoms. The molecule has 0 aliphatic rings. The van der Waals surface area contributed by atoms with E-state index in [0.717, 1.165) is 29.2 Å². The number of carbonyl (C=O) groups is 1. The Morgan fingerprint density at radius 3 is 2.52 bits per heavy atom. The van der Waals surface area contributed by atoms with E-state index in [1.165, 1.54) is 0 Å². The third-order valence-corrected chi connectivity index (χ3v) is 4.54. The average Bonchev–Trinajstić information content (AvgIpc) is 3.00. The number of halogens is 1. The second kappa shape index (κ2) is 7.17. The van der Waals surface area contributed by atoms with Gasteiger partial charge in [0.25, 0.3) is 0 Å². The minimum absolute atomic E-state index is 0.00942. The predicted octanol–water partition coefficient (Wildman–Crippen LogP) is 2.95. The highest BCUT2D eigenvalue weighted by Crippen LogP contribution is 2.19. The van der Waals surface area contributed by atoms with E-state index < -0.39 is 0 Å². The van der Waals surface area contributed by atoms with Crippen LogP contribution in [0.25, 0.3) is 0 Å². The minimum atomic E-state index is -0.0631. The fourth-order valence-corrected chi connectivity index (χ4v) is 2.75. The molecule has 0 saturated heterocycles. The lowest BCUT2D eigenvalue weighted by Gasteiger charge is -2.13. The Morgan fingerprint density at radius 1 is 1.30 bits per heavy atom. The number of hydrogen-bond donors (Lipinski definition) is 1. The molecule has 0 radical (unpaired) electrons. The van der Waals surface area contributed by atoms with Crippen LogP contribution >= 0.6 is 11.6 Å². The van der Waals surface area contributed by atoms with Gasteiger partial charge in [-0.05, 0) is 34.6 Å². The number of amides is 1. The molecule has 0 saturated carbocycles. The SMILES string of the molecule is CCn1cc(C(C)NC(=O)CCn2nc(C)c(Cl)c2C)c(C)n1. The van der Waals surface area contributed by atoms with E-state index in [4.69, 9.17) is 11.6 Å². The Bertz CT molecular complexity index is 704. The first-order valence-electron chi connectivity index (χ1n) is 7.86. The average molecular weight is 338 g/mol. The number of rotatable bonds is 6. The van der Waals surface area contributed by atoms with Gasteiger partial charge in [-0.1, -0.05) is 11.6 Å². The molecule has 1 amide bonds. The molecule has 0 bridgehead atoms. The van der Waals surface area contributed by atoms with Crippen molar-refractivity contribution in [3.63, 3.8) is 0 Å². The Kier molecular flexibility index (Phi) is 5.46. The van der Waals surface area contributed by atoms with Gasteiger partial charge in [0.1, 0.15) is 0 Å². The second-order valence-electron chi connectivity index (χ2n) is 5.77. The number of aryl methyl sites for hydroxylation is 4. The molecule has 0 aliphatic heterocycles. The molecule has 1 N–H and O–H groups in total. The summed E-state index contributed by atoms with van der Waals surface area (Å²) in [5.41, 5.74) is 3.69. The third-order valence-electron chi connectivity index (χ3n) is 4.00. The van der Waals surface area contributed by atoms with E-state index in [0.29, 0.717) is 18.0 Å². The van der Waals surface area contributed by atoms with Crippen LogP contribution in [0.3, 0.4) is 0 Å². The normalized spacial score (nSPS) is 12.4. The topological polar surface area (TPSA) is 64.7 Å². The van der Waals surface area contributed by atoms with Gasteiger partial charge in [-0.25, -0.2) is 0 Å². The molecule has 2 aromatic rings. The lowest BCUT2D eigenvalue weighted by atomic mass is 10.1. The molecule has 0 aromatic carbocycles. The summed E-state index contributed by atoms with van der Waals surface area (Å²) in [7, 11) is 0. The highest BCUT2D eigenvalue weighted by atomic mass is 35.5. The van der Waals surface area contributed by atoms with Crippen molar-refractivity contribution in [2.45, 2.75) is 60.2 Å². The van der Waals surface area contributed by atoms with Crippen LogP contribution in [0.2, 0.25) is 5.02 Å². The van der Waals surface area contributed by atoms with Gasteiger partial charge in [0, 0.05) is 24.7 Å². The smallest absolute Gasteiger partial charge is 0.222 e. The molecule has 0 aliphatic carbocycles. The van der Waals surface area contributed by atoms with Gasteiger partial charge in [0.15, 0.2) is 0 Å². The maximum atomic E-state index is 12.2. The van der Waals surface area contributed by atoms with E-state index in [-0.39, 0.29) is 11.9 Å². The first-order valence-corrected chi connectivity index (χ1v) is 8.24. The van der Waals surface area contributed by atoms with Crippen molar-refractivity contribution < 1.29 is 4.79 Å². The van der Waals surface area contributed by atoms with Crippen LogP contribution in [0.4, 0.5) is 0 Å². The number of nitrogens with one attached hydrogen (secondary N) is 1. The molecule has 126 valence electrons. The maximum absolute atomic E-state index is 12.2. The summed E-state index contributed by atoms with van der Waals surface area (Å²) in [5.74, 6) is -0.00942. The van der Waals surface area contributed by atoms with Crippen molar-refractivity contribution in [3.8, 4) is 0 Å². The van der Waals surface area contributed by atoms with Crippen LogP contribution in [-0.2, 0) is 17.9 Å². The number of aromatic nitrogens is 4. The summed E-state index contributed by atoms with van der Waals surface area (Å²) >= 11 is 6.12. The van der Waals surface area contributed by atoms with Gasteiger partial charge in [-0.3, -0.25) is 14.2 Å². The Morgan fingerprint density at radius 2 is 2.00 bits per heavy atom. The zero-order valence-electron chi connectivity index (χ0n) is 14.4. The van der Waals surface area contributed by atoms with Crippen molar-refractivity contribution >= 4 is 17.5 Å². The lowest BCUT2D eigenvalue weighted by molar-refractivity contribution is -0.122. The highest BCUT2D eigenvalue weighted by molar-refractivity contribution is 6.31. The molecule has 23 heavy (non-hydrogen) atoms. The number of nitrogens with zero attached hydrogens (tertiary/aromatic N) is 4. The first kappa shape index (κ1) is 17.5. The van der Waals surface area contributed by atoms with E-state index in [1.54, 1.807) is 4.68 Å². The van der Waals surface area contributed by atoms with Crippen LogP contribution in [0.1, 0.15) is 49.0 Å². The van der Waals surface area contributed by atoms with Crippen LogP contribution in [0.15, 0.2) is 6.20 Å². The maximum Gasteiger partial charge on any atom is 0.222 e. The van der Waals surface area contributed by atoms with Crippen molar-refractivity contribution in [1.29, 1.82) is 0 Å². The van der Waals surface area contributed by atoms with E-state index in [9.17, 15) is 4.79 Å². The van der Waals surface area contributed by atoms with Crippen molar-refractivity contribution in [1.82, 2.24) is 24.9 Å². The second-order valence-corrected chi connectivity index (χ2v) is 6.15. The van der Waals surface area contributed by atoms with Crippen LogP contribution in [0.5, 0.6) is 0 Å². The number of hydrogen-bond acceptors (Lipinski definition) is 3. The standard InChI is InChI=1S/C16H24ClN5O/c1-6-21-9-14(11(3)19-21)10(2)18-15(23)7-8-22-13(5)16(17)12(4)20-22/h9-10H,6-8H2,1-5H3,(H,18,23). The van der Waals surface area contributed by atoms with Gasteiger partial charge in [-0.15, -0.1) is 0 Å².